The van der Waals surface area contributed by atoms with E-state index in [1.165, 1.54) is 0 Å². The Balaban J connectivity index is 1.47. The highest BCUT2D eigenvalue weighted by molar-refractivity contribution is 6.61. The molecule has 3 aromatic rings. The minimum atomic E-state index is -1.35. The minimum absolute atomic E-state index is 0.0780. The monoisotopic (exact) mass is 435 g/mol. The lowest BCUT2D eigenvalue weighted by Gasteiger charge is -2.37. The Bertz CT molecular complexity index is 1150. The van der Waals surface area contributed by atoms with Gasteiger partial charge in [0.25, 0.3) is 0 Å². The van der Waals surface area contributed by atoms with Gasteiger partial charge in [0, 0.05) is 17.5 Å². The molecule has 5 nitrogen and oxygen atoms in total. The lowest BCUT2D eigenvalue weighted by molar-refractivity contribution is -0.161. The summed E-state index contributed by atoms with van der Waals surface area (Å²) in [7, 11) is -1.35. The fourth-order valence-corrected chi connectivity index (χ4v) is 4.36. The maximum absolute atomic E-state index is 15.0. The maximum atomic E-state index is 15.0. The van der Waals surface area contributed by atoms with Crippen molar-refractivity contribution in [3.63, 3.8) is 0 Å². The van der Waals surface area contributed by atoms with Crippen LogP contribution in [0.15, 0.2) is 66.7 Å². The average molecular weight is 435 g/mol. The summed E-state index contributed by atoms with van der Waals surface area (Å²) in [5.41, 5.74) is 1.67. The van der Waals surface area contributed by atoms with E-state index in [0.29, 0.717) is 0 Å². The minimum Gasteiger partial charge on any atom is -0.454 e. The van der Waals surface area contributed by atoms with Crippen molar-refractivity contribution in [1.82, 2.24) is 5.32 Å². The van der Waals surface area contributed by atoms with Crippen LogP contribution in [0.3, 0.4) is 0 Å². The molecule has 3 atom stereocenters. The van der Waals surface area contributed by atoms with Gasteiger partial charge in [0.1, 0.15) is 23.8 Å². The van der Waals surface area contributed by atoms with E-state index < -0.39 is 42.9 Å². The van der Waals surface area contributed by atoms with Gasteiger partial charge in [-0.2, -0.15) is 0 Å². The third-order valence-electron chi connectivity index (χ3n) is 6.01. The molecule has 0 aliphatic carbocycles. The van der Waals surface area contributed by atoms with E-state index in [1.807, 2.05) is 60.7 Å². The maximum Gasteiger partial charge on any atom is 0.491 e. The number of halogens is 2. The van der Waals surface area contributed by atoms with Gasteiger partial charge in [0.05, 0.1) is 12.6 Å². The summed E-state index contributed by atoms with van der Waals surface area (Å²) in [4.78, 5) is 12.9. The normalized spacial score (nSPS) is 22.5. The molecule has 8 heteroatoms. The van der Waals surface area contributed by atoms with Crippen LogP contribution in [-0.4, -0.2) is 24.2 Å². The molecule has 0 amide bonds. The van der Waals surface area contributed by atoms with E-state index in [4.69, 9.17) is 9.39 Å². The second-order valence-corrected chi connectivity index (χ2v) is 7.96. The Morgan fingerprint density at radius 1 is 1.03 bits per heavy atom. The Kier molecular flexibility index (Phi) is 5.51. The first-order chi connectivity index (χ1) is 15.5. The van der Waals surface area contributed by atoms with Gasteiger partial charge in [-0.05, 0) is 22.7 Å². The van der Waals surface area contributed by atoms with Crippen molar-refractivity contribution >= 4 is 18.6 Å². The molecule has 0 unspecified atom stereocenters. The van der Waals surface area contributed by atoms with Gasteiger partial charge in [-0.3, -0.25) is 10.1 Å². The van der Waals surface area contributed by atoms with Gasteiger partial charge in [-0.25, -0.2) is 8.78 Å². The highest BCUT2D eigenvalue weighted by Gasteiger charge is 2.40. The number of carbonyl (C=O) groups excluding carboxylic acids is 1. The fraction of sp³-hybridized carbons (Fsp3) is 0.208. The zero-order chi connectivity index (χ0) is 22.2. The predicted molar refractivity (Wildman–Crippen MR) is 114 cm³/mol. The van der Waals surface area contributed by atoms with Crippen molar-refractivity contribution in [3.05, 3.63) is 101 Å². The van der Waals surface area contributed by atoms with Crippen molar-refractivity contribution in [1.29, 1.82) is 0 Å². The van der Waals surface area contributed by atoms with Crippen LogP contribution in [0.2, 0.25) is 0 Å². The first-order valence-corrected chi connectivity index (χ1v) is 10.4. The summed E-state index contributed by atoms with van der Waals surface area (Å²) in [6.07, 6.45) is -0.814. The molecule has 0 spiro atoms. The van der Waals surface area contributed by atoms with Crippen LogP contribution in [0, 0.1) is 11.6 Å². The van der Waals surface area contributed by atoms with E-state index in [2.05, 4.69) is 5.32 Å². The lowest BCUT2D eigenvalue weighted by atomic mass is 9.78. The number of rotatable bonds is 4. The molecule has 2 heterocycles. The van der Waals surface area contributed by atoms with Gasteiger partial charge in [-0.1, -0.05) is 60.7 Å². The van der Waals surface area contributed by atoms with E-state index in [0.717, 1.165) is 17.2 Å². The summed E-state index contributed by atoms with van der Waals surface area (Å²) in [5, 5.41) is 13.0. The Labute approximate surface area is 184 Å². The number of cyclic esters (lactones) is 1. The van der Waals surface area contributed by atoms with Crippen LogP contribution in [0.1, 0.15) is 34.4 Å². The molecule has 5 rings (SSSR count). The fourth-order valence-electron chi connectivity index (χ4n) is 4.36. The number of hydrogen-bond donors (Lipinski definition) is 2. The van der Waals surface area contributed by atoms with Crippen molar-refractivity contribution < 1.29 is 28.0 Å². The molecule has 32 heavy (non-hydrogen) atoms. The molecular weight excluding hydrogens is 415 g/mol. The molecule has 3 aromatic carbocycles. The third-order valence-corrected chi connectivity index (χ3v) is 6.01. The van der Waals surface area contributed by atoms with Crippen LogP contribution >= 0.6 is 0 Å². The van der Waals surface area contributed by atoms with Crippen LogP contribution in [-0.2, 0) is 27.2 Å². The summed E-state index contributed by atoms with van der Waals surface area (Å²) in [6, 6.07) is 18.6. The van der Waals surface area contributed by atoms with Crippen LogP contribution in [0.5, 0.6) is 0 Å². The molecule has 0 aromatic heterocycles. The molecular formula is C24H20BF2NO4. The first kappa shape index (κ1) is 20.8. The van der Waals surface area contributed by atoms with Crippen LogP contribution in [0.25, 0.3) is 0 Å². The molecule has 2 N–H and O–H groups in total. The van der Waals surface area contributed by atoms with Crippen LogP contribution < -0.4 is 10.8 Å². The van der Waals surface area contributed by atoms with Gasteiger partial charge < -0.3 is 14.4 Å². The Hall–Kier alpha value is -3.07. The molecule has 0 radical (unpaired) electrons. The van der Waals surface area contributed by atoms with Crippen molar-refractivity contribution in [3.8, 4) is 0 Å². The number of hydrogen-bond acceptors (Lipinski definition) is 5. The molecule has 0 bridgehead atoms. The number of nitrogens with one attached hydrogen (secondary N) is 1. The van der Waals surface area contributed by atoms with Crippen molar-refractivity contribution in [2.75, 3.05) is 0 Å². The zero-order valence-electron chi connectivity index (χ0n) is 17.0. The van der Waals surface area contributed by atoms with Crippen molar-refractivity contribution in [2.24, 2.45) is 0 Å². The molecule has 2 aliphatic rings. The Morgan fingerprint density at radius 2 is 1.69 bits per heavy atom. The lowest BCUT2D eigenvalue weighted by Crippen LogP contribution is -2.50. The highest BCUT2D eigenvalue weighted by Crippen LogP contribution is 2.36. The molecule has 162 valence electrons. The smallest absolute Gasteiger partial charge is 0.454 e. The van der Waals surface area contributed by atoms with Gasteiger partial charge in [0.2, 0.25) is 0 Å². The topological polar surface area (TPSA) is 67.8 Å². The van der Waals surface area contributed by atoms with E-state index in [-0.39, 0.29) is 29.6 Å². The Morgan fingerprint density at radius 3 is 2.38 bits per heavy atom. The standard InChI is InChI=1S/C24H20BF2NO4/c26-19-12-18-17(13-31-25(18)30)21(27)16(19)11-20-24(29)32-23(15-9-5-2-6-10-15)22(28-20)14-7-3-1-4-8-14/h1-10,12,20,22-23,28,30H,11,13H2/t20-,22-,23+/m0/s1. The van der Waals surface area contributed by atoms with E-state index in [1.54, 1.807) is 0 Å². The van der Waals surface area contributed by atoms with Gasteiger partial charge in [0.15, 0.2) is 0 Å². The zero-order valence-corrected chi connectivity index (χ0v) is 17.0. The summed E-state index contributed by atoms with van der Waals surface area (Å²) < 4.78 is 40.6. The summed E-state index contributed by atoms with van der Waals surface area (Å²) >= 11 is 0. The average Bonchev–Trinajstić information content (AvgIpc) is 3.19. The summed E-state index contributed by atoms with van der Waals surface area (Å²) in [6.45, 7) is -0.152. The first-order valence-electron chi connectivity index (χ1n) is 10.4. The molecule has 1 saturated heterocycles. The number of morpholine rings is 1. The number of ether oxygens (including phenoxy) is 1. The second-order valence-electron chi connectivity index (χ2n) is 7.96. The predicted octanol–water partition coefficient (Wildman–Crippen LogP) is 2.72. The SMILES string of the molecule is O=C1O[C@H](c2ccccc2)[C@H](c2ccccc2)N[C@H]1Cc1c(F)cc2c(c1F)COB2O. The number of carbonyl (C=O) groups is 1. The molecule has 2 aliphatic heterocycles. The van der Waals surface area contributed by atoms with Gasteiger partial charge >= 0.3 is 13.1 Å². The number of fused-ring (bicyclic) bond motifs is 1. The van der Waals surface area contributed by atoms with Crippen LogP contribution in [0.4, 0.5) is 8.78 Å². The quantitative estimate of drug-likeness (QED) is 0.488. The van der Waals surface area contributed by atoms with Crippen molar-refractivity contribution in [2.45, 2.75) is 31.2 Å². The largest absolute Gasteiger partial charge is 0.491 e. The second kappa shape index (κ2) is 8.46. The van der Waals surface area contributed by atoms with E-state index in [9.17, 15) is 14.2 Å². The number of benzene rings is 3. The highest BCUT2D eigenvalue weighted by atomic mass is 19.1. The molecule has 1 fully saturated rings. The van der Waals surface area contributed by atoms with E-state index >= 15 is 4.39 Å². The third kappa shape index (κ3) is 3.70. The summed E-state index contributed by atoms with van der Waals surface area (Å²) in [5.74, 6) is -2.21. The number of esters is 1. The van der Waals surface area contributed by atoms with Gasteiger partial charge in [-0.15, -0.1) is 0 Å². The molecule has 0 saturated carbocycles.